The van der Waals surface area contributed by atoms with E-state index in [1.54, 1.807) is 32.0 Å². The van der Waals surface area contributed by atoms with E-state index in [0.29, 0.717) is 22.9 Å². The number of amides is 2. The third kappa shape index (κ3) is 4.11. The molecule has 2 aromatic carbocycles. The molecule has 2 amide bonds. The SMILES string of the molecule is CC(C)(C(=O)Nc1ccc(C(C)(C)C)cc1)C(=O)Nc1ccc2c(c1)OCO2. The van der Waals surface area contributed by atoms with Crippen LogP contribution in [-0.4, -0.2) is 18.6 Å². The zero-order valence-corrected chi connectivity index (χ0v) is 16.9. The lowest BCUT2D eigenvalue weighted by Gasteiger charge is -2.23. The molecule has 0 saturated carbocycles. The van der Waals surface area contributed by atoms with Gasteiger partial charge in [-0.2, -0.15) is 0 Å². The van der Waals surface area contributed by atoms with Gasteiger partial charge >= 0.3 is 0 Å². The molecule has 0 bridgehead atoms. The van der Waals surface area contributed by atoms with Crippen LogP contribution in [0, 0.1) is 5.41 Å². The molecule has 0 saturated heterocycles. The van der Waals surface area contributed by atoms with Gasteiger partial charge in [-0.1, -0.05) is 32.9 Å². The molecule has 2 N–H and O–H groups in total. The van der Waals surface area contributed by atoms with Crippen molar-refractivity contribution < 1.29 is 19.1 Å². The lowest BCUT2D eigenvalue weighted by Crippen LogP contribution is -2.41. The maximum atomic E-state index is 12.7. The van der Waals surface area contributed by atoms with Crippen molar-refractivity contribution in [2.75, 3.05) is 17.4 Å². The average molecular weight is 382 g/mol. The predicted octanol–water partition coefficient (Wildman–Crippen LogP) is 4.32. The highest BCUT2D eigenvalue weighted by Gasteiger charge is 2.36. The van der Waals surface area contributed by atoms with Crippen LogP contribution in [0.5, 0.6) is 11.5 Å². The summed E-state index contributed by atoms with van der Waals surface area (Å²) in [5.41, 5.74) is 1.14. The smallest absolute Gasteiger partial charge is 0.239 e. The van der Waals surface area contributed by atoms with Crippen molar-refractivity contribution >= 4 is 23.2 Å². The molecule has 0 fully saturated rings. The first-order valence-corrected chi connectivity index (χ1v) is 9.20. The molecular weight excluding hydrogens is 356 g/mol. The van der Waals surface area contributed by atoms with E-state index in [2.05, 4.69) is 31.4 Å². The van der Waals surface area contributed by atoms with Crippen molar-refractivity contribution in [3.8, 4) is 11.5 Å². The van der Waals surface area contributed by atoms with Crippen molar-refractivity contribution in [3.63, 3.8) is 0 Å². The molecule has 1 aliphatic heterocycles. The number of ether oxygens (including phenoxy) is 2. The van der Waals surface area contributed by atoms with Gasteiger partial charge in [-0.15, -0.1) is 0 Å². The second-order valence-corrected chi connectivity index (χ2v) is 8.43. The number of carbonyl (C=O) groups is 2. The Hall–Kier alpha value is -3.02. The minimum atomic E-state index is -1.26. The van der Waals surface area contributed by atoms with Crippen molar-refractivity contribution in [2.24, 2.45) is 5.41 Å². The van der Waals surface area contributed by atoms with Crippen LogP contribution < -0.4 is 20.1 Å². The van der Waals surface area contributed by atoms with E-state index in [1.807, 2.05) is 24.3 Å². The van der Waals surface area contributed by atoms with E-state index in [4.69, 9.17) is 9.47 Å². The minimum absolute atomic E-state index is 0.0340. The number of hydrogen-bond acceptors (Lipinski definition) is 4. The van der Waals surface area contributed by atoms with Crippen LogP contribution in [0.4, 0.5) is 11.4 Å². The first-order chi connectivity index (χ1) is 13.1. The van der Waals surface area contributed by atoms with Gasteiger partial charge in [0, 0.05) is 17.4 Å². The van der Waals surface area contributed by atoms with E-state index in [-0.39, 0.29) is 18.1 Å². The Labute approximate surface area is 165 Å². The number of benzene rings is 2. The average Bonchev–Trinajstić information content (AvgIpc) is 3.09. The fraction of sp³-hybridized carbons (Fsp3) is 0.364. The van der Waals surface area contributed by atoms with Crippen LogP contribution in [-0.2, 0) is 15.0 Å². The van der Waals surface area contributed by atoms with E-state index in [1.165, 1.54) is 5.56 Å². The van der Waals surface area contributed by atoms with Gasteiger partial charge in [0.05, 0.1) is 0 Å². The molecule has 2 aromatic rings. The Bertz CT molecular complexity index is 896. The monoisotopic (exact) mass is 382 g/mol. The fourth-order valence-corrected chi connectivity index (χ4v) is 2.71. The maximum absolute atomic E-state index is 12.7. The Balaban J connectivity index is 1.67. The van der Waals surface area contributed by atoms with Gasteiger partial charge in [-0.05, 0) is 49.1 Å². The molecule has 0 unspecified atom stereocenters. The third-order valence-electron chi connectivity index (χ3n) is 4.77. The van der Waals surface area contributed by atoms with Gasteiger partial charge in [-0.25, -0.2) is 0 Å². The zero-order chi connectivity index (χ0) is 20.5. The van der Waals surface area contributed by atoms with Gasteiger partial charge < -0.3 is 20.1 Å². The van der Waals surface area contributed by atoms with Crippen molar-refractivity contribution in [3.05, 3.63) is 48.0 Å². The molecule has 3 rings (SSSR count). The first-order valence-electron chi connectivity index (χ1n) is 9.20. The molecule has 0 aromatic heterocycles. The topological polar surface area (TPSA) is 76.7 Å². The Morgan fingerprint density at radius 1 is 0.786 bits per heavy atom. The van der Waals surface area contributed by atoms with Gasteiger partial charge in [0.25, 0.3) is 0 Å². The number of nitrogens with one attached hydrogen (secondary N) is 2. The van der Waals surface area contributed by atoms with Crippen LogP contribution in [0.25, 0.3) is 0 Å². The van der Waals surface area contributed by atoms with Crippen molar-refractivity contribution in [2.45, 2.75) is 40.0 Å². The molecule has 0 spiro atoms. The summed E-state index contributed by atoms with van der Waals surface area (Å²) in [4.78, 5) is 25.4. The molecule has 28 heavy (non-hydrogen) atoms. The van der Waals surface area contributed by atoms with Crippen LogP contribution in [0.1, 0.15) is 40.2 Å². The number of hydrogen-bond donors (Lipinski definition) is 2. The molecule has 1 heterocycles. The first kappa shape index (κ1) is 19.7. The van der Waals surface area contributed by atoms with Crippen LogP contribution in [0.2, 0.25) is 0 Å². The normalized spacial score (nSPS) is 13.2. The van der Waals surface area contributed by atoms with Crippen LogP contribution >= 0.6 is 0 Å². The number of fused-ring (bicyclic) bond motifs is 1. The summed E-state index contributed by atoms with van der Waals surface area (Å²) in [5.74, 6) is 0.414. The molecular formula is C22H26N2O4. The predicted molar refractivity (Wildman–Crippen MR) is 109 cm³/mol. The van der Waals surface area contributed by atoms with Gasteiger partial charge in [0.15, 0.2) is 11.5 Å². The summed E-state index contributed by atoms with van der Waals surface area (Å²) in [7, 11) is 0. The summed E-state index contributed by atoms with van der Waals surface area (Å²) >= 11 is 0. The highest BCUT2D eigenvalue weighted by molar-refractivity contribution is 6.14. The molecule has 0 atom stereocenters. The molecule has 6 heteroatoms. The fourth-order valence-electron chi connectivity index (χ4n) is 2.71. The van der Waals surface area contributed by atoms with E-state index in [0.717, 1.165) is 0 Å². The third-order valence-corrected chi connectivity index (χ3v) is 4.77. The standard InChI is InChI=1S/C22H26N2O4/c1-21(2,3)14-6-8-15(9-7-14)23-19(25)22(4,5)20(26)24-16-10-11-17-18(12-16)28-13-27-17/h6-12H,13H2,1-5H3,(H,23,25)(H,24,26). The van der Waals surface area contributed by atoms with Crippen LogP contribution in [0.3, 0.4) is 0 Å². The number of carbonyl (C=O) groups excluding carboxylic acids is 2. The van der Waals surface area contributed by atoms with E-state index >= 15 is 0 Å². The molecule has 0 aliphatic carbocycles. The second kappa shape index (κ2) is 7.19. The largest absolute Gasteiger partial charge is 0.454 e. The highest BCUT2D eigenvalue weighted by atomic mass is 16.7. The van der Waals surface area contributed by atoms with E-state index < -0.39 is 11.3 Å². The van der Waals surface area contributed by atoms with E-state index in [9.17, 15) is 9.59 Å². The number of rotatable bonds is 4. The maximum Gasteiger partial charge on any atom is 0.239 e. The van der Waals surface area contributed by atoms with Gasteiger partial charge in [0.1, 0.15) is 5.41 Å². The second-order valence-electron chi connectivity index (χ2n) is 8.43. The zero-order valence-electron chi connectivity index (χ0n) is 16.9. The lowest BCUT2D eigenvalue weighted by molar-refractivity contribution is -0.135. The Morgan fingerprint density at radius 2 is 1.32 bits per heavy atom. The summed E-state index contributed by atoms with van der Waals surface area (Å²) in [6, 6.07) is 12.8. The number of anilines is 2. The van der Waals surface area contributed by atoms with Crippen LogP contribution in [0.15, 0.2) is 42.5 Å². The summed E-state index contributed by atoms with van der Waals surface area (Å²) in [6.45, 7) is 9.73. The Morgan fingerprint density at radius 3 is 1.93 bits per heavy atom. The van der Waals surface area contributed by atoms with Gasteiger partial charge in [0.2, 0.25) is 18.6 Å². The van der Waals surface area contributed by atoms with Crippen molar-refractivity contribution in [1.82, 2.24) is 0 Å². The molecule has 1 aliphatic rings. The molecule has 0 radical (unpaired) electrons. The summed E-state index contributed by atoms with van der Waals surface area (Å²) < 4.78 is 10.6. The van der Waals surface area contributed by atoms with Crippen molar-refractivity contribution in [1.29, 1.82) is 0 Å². The lowest BCUT2D eigenvalue weighted by atomic mass is 9.87. The molecule has 6 nitrogen and oxygen atoms in total. The Kier molecular flexibility index (Phi) is 5.06. The summed E-state index contributed by atoms with van der Waals surface area (Å²) in [6.07, 6.45) is 0. The summed E-state index contributed by atoms with van der Waals surface area (Å²) in [5, 5.41) is 5.60. The minimum Gasteiger partial charge on any atom is -0.454 e. The quantitative estimate of drug-likeness (QED) is 0.772. The highest BCUT2D eigenvalue weighted by Crippen LogP contribution is 2.34. The van der Waals surface area contributed by atoms with Gasteiger partial charge in [-0.3, -0.25) is 9.59 Å². The molecule has 148 valence electrons.